The third-order valence-corrected chi connectivity index (χ3v) is 5.34. The minimum atomic E-state index is -0.554. The number of aliphatic imine (C=N–C) groups is 1. The first kappa shape index (κ1) is 21.9. The highest BCUT2D eigenvalue weighted by Gasteiger charge is 2.32. The van der Waals surface area contributed by atoms with Gasteiger partial charge in [0.25, 0.3) is 5.91 Å². The minimum Gasteiger partial charge on any atom is -0.493 e. The van der Waals surface area contributed by atoms with Crippen LogP contribution in [0.5, 0.6) is 11.5 Å². The molecule has 5 nitrogen and oxygen atoms in total. The number of methoxy groups -OCH3 is 1. The lowest BCUT2D eigenvalue weighted by molar-refractivity contribution is -0.113. The molecule has 0 spiro atoms. The van der Waals surface area contributed by atoms with Crippen LogP contribution in [0, 0.1) is 5.82 Å². The van der Waals surface area contributed by atoms with Gasteiger partial charge in [0.1, 0.15) is 11.5 Å². The number of carbonyl (C=O) groups excluding carboxylic acids is 1. The molecule has 0 aromatic heterocycles. The Morgan fingerprint density at radius 3 is 2.73 bits per heavy atom. The van der Waals surface area contributed by atoms with Gasteiger partial charge in [0, 0.05) is 5.75 Å². The molecule has 156 valence electrons. The molecule has 0 radical (unpaired) electrons. The van der Waals surface area contributed by atoms with Gasteiger partial charge in [0.15, 0.2) is 16.7 Å². The fraction of sp³-hybridized carbons (Fsp3) is 0.182. The topological polar surface area (TPSA) is 51.1 Å². The van der Waals surface area contributed by atoms with E-state index >= 15 is 0 Å². The van der Waals surface area contributed by atoms with Crippen molar-refractivity contribution in [2.24, 2.45) is 4.99 Å². The molecule has 0 unspecified atom stereocenters. The number of amides is 1. The normalized spacial score (nSPS) is 14.8. The van der Waals surface area contributed by atoms with Gasteiger partial charge in [-0.15, -0.1) is 6.58 Å². The number of rotatable bonds is 7. The second-order valence-corrected chi connectivity index (χ2v) is 7.50. The van der Waals surface area contributed by atoms with Crippen molar-refractivity contribution >= 4 is 46.2 Å². The van der Waals surface area contributed by atoms with E-state index in [0.717, 1.165) is 5.56 Å². The summed E-state index contributed by atoms with van der Waals surface area (Å²) in [5.74, 6) is 0.845. The molecule has 2 aromatic rings. The number of hydrogen-bond acceptors (Lipinski definition) is 5. The molecule has 8 heteroatoms. The van der Waals surface area contributed by atoms with E-state index in [-0.39, 0.29) is 16.6 Å². The fourth-order valence-electron chi connectivity index (χ4n) is 2.78. The van der Waals surface area contributed by atoms with Crippen molar-refractivity contribution in [3.05, 3.63) is 71.2 Å². The van der Waals surface area contributed by atoms with E-state index in [1.807, 2.05) is 13.0 Å². The Balaban J connectivity index is 1.99. The Kier molecular flexibility index (Phi) is 7.18. The molecule has 30 heavy (non-hydrogen) atoms. The number of hydrogen-bond donors (Lipinski definition) is 0. The Morgan fingerprint density at radius 2 is 2.07 bits per heavy atom. The quantitative estimate of drug-likeness (QED) is 0.413. The molecule has 0 atom stereocenters. The Hall–Kier alpha value is -2.77. The summed E-state index contributed by atoms with van der Waals surface area (Å²) in [5, 5.41) is 0.397. The van der Waals surface area contributed by atoms with Crippen LogP contribution in [0.4, 0.5) is 10.1 Å². The standard InChI is InChI=1S/C22H20ClFN2O3S/c1-4-10-30-22-25-18(11-14-6-9-19(29-5-2)20(12-14)28-3)21(27)26(22)15-7-8-17(24)16(23)13-15/h4,6-9,11-13H,1,5,10H2,2-3H3/b18-11-. The van der Waals surface area contributed by atoms with E-state index in [1.165, 1.54) is 34.9 Å². The monoisotopic (exact) mass is 446 g/mol. The average molecular weight is 447 g/mol. The van der Waals surface area contributed by atoms with Crippen LogP contribution in [0.25, 0.3) is 6.08 Å². The summed E-state index contributed by atoms with van der Waals surface area (Å²) in [7, 11) is 1.55. The van der Waals surface area contributed by atoms with Crippen LogP contribution in [-0.4, -0.2) is 30.5 Å². The van der Waals surface area contributed by atoms with Crippen LogP contribution in [0.3, 0.4) is 0 Å². The van der Waals surface area contributed by atoms with Gasteiger partial charge in [-0.25, -0.2) is 9.38 Å². The number of nitrogens with zero attached hydrogens (tertiary/aromatic N) is 2. The van der Waals surface area contributed by atoms with Gasteiger partial charge >= 0.3 is 0 Å². The van der Waals surface area contributed by atoms with Gasteiger partial charge in [0.05, 0.1) is 24.4 Å². The number of ether oxygens (including phenoxy) is 2. The molecule has 0 bridgehead atoms. The lowest BCUT2D eigenvalue weighted by Crippen LogP contribution is -2.30. The second kappa shape index (κ2) is 9.82. The summed E-state index contributed by atoms with van der Waals surface area (Å²) in [4.78, 5) is 19.0. The van der Waals surface area contributed by atoms with E-state index in [0.29, 0.717) is 34.7 Å². The maximum Gasteiger partial charge on any atom is 0.283 e. The third kappa shape index (κ3) is 4.68. The van der Waals surface area contributed by atoms with Crippen molar-refractivity contribution in [1.82, 2.24) is 0 Å². The maximum absolute atomic E-state index is 13.6. The maximum atomic E-state index is 13.6. The predicted octanol–water partition coefficient (Wildman–Crippen LogP) is 5.55. The highest BCUT2D eigenvalue weighted by molar-refractivity contribution is 8.14. The summed E-state index contributed by atoms with van der Waals surface area (Å²) in [6.45, 7) is 6.10. The van der Waals surface area contributed by atoms with E-state index in [1.54, 1.807) is 31.4 Å². The molecular weight excluding hydrogens is 427 g/mol. The summed E-state index contributed by atoms with van der Waals surface area (Å²) in [6, 6.07) is 9.49. The zero-order valence-electron chi connectivity index (χ0n) is 16.5. The molecule has 0 saturated carbocycles. The van der Waals surface area contributed by atoms with Crippen molar-refractivity contribution in [1.29, 1.82) is 0 Å². The first-order chi connectivity index (χ1) is 14.5. The lowest BCUT2D eigenvalue weighted by atomic mass is 10.1. The number of benzene rings is 2. The lowest BCUT2D eigenvalue weighted by Gasteiger charge is -2.17. The Morgan fingerprint density at radius 1 is 1.27 bits per heavy atom. The summed E-state index contributed by atoms with van der Waals surface area (Å²) >= 11 is 7.26. The molecule has 1 aliphatic rings. The molecular formula is C22H20ClFN2O3S. The van der Waals surface area contributed by atoms with Crippen LogP contribution >= 0.6 is 23.4 Å². The van der Waals surface area contributed by atoms with Gasteiger partial charge in [0.2, 0.25) is 0 Å². The second-order valence-electron chi connectivity index (χ2n) is 6.11. The van der Waals surface area contributed by atoms with E-state index < -0.39 is 5.82 Å². The molecule has 3 rings (SSSR count). The Bertz CT molecular complexity index is 1040. The number of amidine groups is 1. The first-order valence-corrected chi connectivity index (χ1v) is 10.5. The SMILES string of the molecule is C=CCSC1=N/C(=C\c2ccc(OCC)c(OC)c2)C(=O)N1c1ccc(F)c(Cl)c1. The summed E-state index contributed by atoms with van der Waals surface area (Å²) < 4.78 is 24.5. The highest BCUT2D eigenvalue weighted by Crippen LogP contribution is 2.33. The van der Waals surface area contributed by atoms with E-state index in [2.05, 4.69) is 11.6 Å². The van der Waals surface area contributed by atoms with Crippen LogP contribution in [-0.2, 0) is 4.79 Å². The summed E-state index contributed by atoms with van der Waals surface area (Å²) in [5.41, 5.74) is 1.41. The van der Waals surface area contributed by atoms with Crippen molar-refractivity contribution in [3.63, 3.8) is 0 Å². The minimum absolute atomic E-state index is 0.0675. The molecule has 2 aromatic carbocycles. The Labute approximate surface area is 183 Å². The van der Waals surface area contributed by atoms with Crippen LogP contribution < -0.4 is 14.4 Å². The average Bonchev–Trinajstić information content (AvgIpc) is 3.04. The molecule has 0 aliphatic carbocycles. The smallest absolute Gasteiger partial charge is 0.283 e. The third-order valence-electron chi connectivity index (χ3n) is 4.11. The van der Waals surface area contributed by atoms with Crippen molar-refractivity contribution in [2.75, 3.05) is 24.4 Å². The zero-order valence-corrected chi connectivity index (χ0v) is 18.1. The molecule has 0 saturated heterocycles. The highest BCUT2D eigenvalue weighted by atomic mass is 35.5. The van der Waals surface area contributed by atoms with Crippen molar-refractivity contribution < 1.29 is 18.7 Å². The van der Waals surface area contributed by atoms with Gasteiger partial charge < -0.3 is 9.47 Å². The van der Waals surface area contributed by atoms with Gasteiger partial charge in [-0.1, -0.05) is 35.5 Å². The summed E-state index contributed by atoms with van der Waals surface area (Å²) in [6.07, 6.45) is 3.38. The van der Waals surface area contributed by atoms with Gasteiger partial charge in [-0.05, 0) is 48.9 Å². The number of thioether (sulfide) groups is 1. The van der Waals surface area contributed by atoms with Gasteiger partial charge in [-0.3, -0.25) is 9.69 Å². The molecule has 0 fully saturated rings. The number of carbonyl (C=O) groups is 1. The molecule has 1 aliphatic heterocycles. The number of anilines is 1. The first-order valence-electron chi connectivity index (χ1n) is 9.13. The van der Waals surface area contributed by atoms with Crippen molar-refractivity contribution in [2.45, 2.75) is 6.92 Å². The number of halogens is 2. The molecule has 0 N–H and O–H groups in total. The molecule has 1 amide bonds. The predicted molar refractivity (Wildman–Crippen MR) is 121 cm³/mol. The van der Waals surface area contributed by atoms with E-state index in [9.17, 15) is 9.18 Å². The van der Waals surface area contributed by atoms with Crippen LogP contribution in [0.1, 0.15) is 12.5 Å². The zero-order chi connectivity index (χ0) is 21.7. The van der Waals surface area contributed by atoms with Gasteiger partial charge in [-0.2, -0.15) is 0 Å². The van der Waals surface area contributed by atoms with Crippen LogP contribution in [0.15, 0.2) is 59.7 Å². The van der Waals surface area contributed by atoms with Crippen molar-refractivity contribution in [3.8, 4) is 11.5 Å². The largest absolute Gasteiger partial charge is 0.493 e. The fourth-order valence-corrected chi connectivity index (χ4v) is 3.71. The molecule has 1 heterocycles. The van der Waals surface area contributed by atoms with Crippen LogP contribution in [0.2, 0.25) is 5.02 Å². The van der Waals surface area contributed by atoms with E-state index in [4.69, 9.17) is 21.1 Å².